The van der Waals surface area contributed by atoms with E-state index in [0.717, 1.165) is 12.0 Å². The SMILES string of the molecule is CC[C@@]1(C2=CCC=CC=C2)NC(=O)NC1=O.NS(=O)(=O)c1ccc(Oc2ccccc2)cc1. The molecular weight excluding hydrogens is 442 g/mol. The van der Waals surface area contributed by atoms with E-state index >= 15 is 0 Å². The monoisotopic (exact) mass is 467 g/mol. The van der Waals surface area contributed by atoms with E-state index in [2.05, 4.69) is 10.6 Å². The van der Waals surface area contributed by atoms with Gasteiger partial charge in [0.1, 0.15) is 17.0 Å². The molecular formula is C24H25N3O5S. The highest BCUT2D eigenvalue weighted by Crippen LogP contribution is 2.27. The number of allylic oxidation sites excluding steroid dienone is 4. The standard InChI is InChI=1S/C12H14N2O2.C12H11NO3S/c1-2-12(10(15)13-11(16)14-12)9-7-5-3-4-6-8-9;13-17(14,15)12-8-6-11(7-9-12)16-10-4-2-1-3-5-10/h3-5,7-8H,2,6H2,1H3,(H2,13,14,15,16);1-9H,(H2,13,14,15)/t12-;/m0./s1. The molecule has 33 heavy (non-hydrogen) atoms. The van der Waals surface area contributed by atoms with E-state index in [4.69, 9.17) is 9.88 Å². The van der Waals surface area contributed by atoms with Gasteiger partial charge in [-0.2, -0.15) is 0 Å². The highest BCUT2D eigenvalue weighted by atomic mass is 32.2. The van der Waals surface area contributed by atoms with Crippen molar-refractivity contribution in [3.8, 4) is 11.5 Å². The number of primary sulfonamides is 1. The van der Waals surface area contributed by atoms with Crippen LogP contribution in [-0.4, -0.2) is 25.9 Å². The summed E-state index contributed by atoms with van der Waals surface area (Å²) in [5.41, 5.74) is -0.0390. The first-order chi connectivity index (χ1) is 15.7. The first-order valence-electron chi connectivity index (χ1n) is 10.3. The average Bonchev–Trinajstić information content (AvgIpc) is 2.96. The van der Waals surface area contributed by atoms with Crippen molar-refractivity contribution >= 4 is 22.0 Å². The summed E-state index contributed by atoms with van der Waals surface area (Å²) in [7, 11) is -3.65. The maximum atomic E-state index is 11.9. The van der Waals surface area contributed by atoms with Gasteiger partial charge in [-0.15, -0.1) is 0 Å². The maximum absolute atomic E-state index is 11.9. The molecule has 1 saturated heterocycles. The molecule has 4 rings (SSSR count). The van der Waals surface area contributed by atoms with E-state index in [1.165, 1.54) is 12.1 Å². The Morgan fingerprint density at radius 1 is 1.00 bits per heavy atom. The minimum absolute atomic E-state index is 0.0675. The van der Waals surface area contributed by atoms with Gasteiger partial charge in [0.05, 0.1) is 4.90 Å². The van der Waals surface area contributed by atoms with Crippen molar-refractivity contribution in [2.75, 3.05) is 0 Å². The number of benzene rings is 2. The molecule has 0 unspecified atom stereocenters. The zero-order valence-electron chi connectivity index (χ0n) is 18.0. The van der Waals surface area contributed by atoms with Gasteiger partial charge in [0, 0.05) is 0 Å². The molecule has 1 heterocycles. The molecule has 1 aliphatic carbocycles. The van der Waals surface area contributed by atoms with Crippen molar-refractivity contribution in [1.29, 1.82) is 0 Å². The Kier molecular flexibility index (Phi) is 7.47. The maximum Gasteiger partial charge on any atom is 0.322 e. The molecule has 172 valence electrons. The predicted molar refractivity (Wildman–Crippen MR) is 125 cm³/mol. The zero-order chi connectivity index (χ0) is 23.9. The number of sulfonamides is 1. The van der Waals surface area contributed by atoms with Crippen LogP contribution in [-0.2, 0) is 14.8 Å². The van der Waals surface area contributed by atoms with E-state index < -0.39 is 21.6 Å². The zero-order valence-corrected chi connectivity index (χ0v) is 18.8. The second-order valence-electron chi connectivity index (χ2n) is 7.28. The van der Waals surface area contributed by atoms with E-state index in [-0.39, 0.29) is 10.8 Å². The molecule has 1 aliphatic heterocycles. The molecule has 4 N–H and O–H groups in total. The van der Waals surface area contributed by atoms with Gasteiger partial charge in [0.25, 0.3) is 5.91 Å². The number of carbonyl (C=O) groups is 2. The largest absolute Gasteiger partial charge is 0.457 e. The van der Waals surface area contributed by atoms with Crippen molar-refractivity contribution < 1.29 is 22.7 Å². The van der Waals surface area contributed by atoms with Crippen molar-refractivity contribution in [1.82, 2.24) is 10.6 Å². The van der Waals surface area contributed by atoms with E-state index in [1.54, 1.807) is 12.1 Å². The molecule has 2 aromatic carbocycles. The third kappa shape index (κ3) is 5.97. The highest BCUT2D eigenvalue weighted by Gasteiger charge is 2.46. The van der Waals surface area contributed by atoms with Crippen LogP contribution >= 0.6 is 0 Å². The van der Waals surface area contributed by atoms with Gasteiger partial charge in [0.15, 0.2) is 0 Å². The van der Waals surface area contributed by atoms with Crippen LogP contribution in [0.1, 0.15) is 19.8 Å². The van der Waals surface area contributed by atoms with Gasteiger partial charge >= 0.3 is 6.03 Å². The molecule has 0 saturated carbocycles. The summed E-state index contributed by atoms with van der Waals surface area (Å²) in [4.78, 5) is 23.2. The predicted octanol–water partition coefficient (Wildman–Crippen LogP) is 3.54. The summed E-state index contributed by atoms with van der Waals surface area (Å²) in [6.07, 6.45) is 11.0. The topological polar surface area (TPSA) is 128 Å². The van der Waals surface area contributed by atoms with Crippen molar-refractivity contribution in [2.45, 2.75) is 30.2 Å². The quantitative estimate of drug-likeness (QED) is 0.580. The summed E-state index contributed by atoms with van der Waals surface area (Å²) in [6.45, 7) is 1.89. The first-order valence-corrected chi connectivity index (χ1v) is 11.8. The van der Waals surface area contributed by atoms with E-state index in [0.29, 0.717) is 17.9 Å². The van der Waals surface area contributed by atoms with Crippen LogP contribution in [0.4, 0.5) is 4.79 Å². The number of carbonyl (C=O) groups excluding carboxylic acids is 2. The van der Waals surface area contributed by atoms with Crippen LogP contribution < -0.4 is 20.5 Å². The number of hydrogen-bond donors (Lipinski definition) is 3. The number of imide groups is 1. The van der Waals surface area contributed by atoms with Crippen LogP contribution in [0, 0.1) is 0 Å². The Bertz CT molecular complexity index is 1200. The van der Waals surface area contributed by atoms with Crippen LogP contribution in [0.15, 0.2) is 95.4 Å². The Morgan fingerprint density at radius 3 is 2.24 bits per heavy atom. The number of hydrogen-bond acceptors (Lipinski definition) is 5. The fourth-order valence-electron chi connectivity index (χ4n) is 3.37. The van der Waals surface area contributed by atoms with Gasteiger partial charge in [-0.3, -0.25) is 10.1 Å². The third-order valence-electron chi connectivity index (χ3n) is 5.09. The lowest BCUT2D eigenvalue weighted by Gasteiger charge is -2.25. The smallest absolute Gasteiger partial charge is 0.322 e. The summed E-state index contributed by atoms with van der Waals surface area (Å²) in [6, 6.07) is 14.7. The number of nitrogens with two attached hydrogens (primary N) is 1. The molecule has 0 aromatic heterocycles. The lowest BCUT2D eigenvalue weighted by atomic mass is 9.86. The van der Waals surface area contributed by atoms with Gasteiger partial charge < -0.3 is 10.1 Å². The average molecular weight is 468 g/mol. The normalized spacial score (nSPS) is 19.5. The fraction of sp³-hybridized carbons (Fsp3) is 0.167. The Labute approximate surface area is 192 Å². The van der Waals surface area contributed by atoms with Crippen molar-refractivity contribution in [3.63, 3.8) is 0 Å². The lowest BCUT2D eigenvalue weighted by molar-refractivity contribution is -0.122. The van der Waals surface area contributed by atoms with Gasteiger partial charge in [-0.1, -0.05) is 55.5 Å². The number of urea groups is 1. The molecule has 8 nitrogen and oxygen atoms in total. The van der Waals surface area contributed by atoms with E-state index in [9.17, 15) is 18.0 Å². The van der Waals surface area contributed by atoms with Crippen LogP contribution in [0.5, 0.6) is 11.5 Å². The highest BCUT2D eigenvalue weighted by molar-refractivity contribution is 7.89. The van der Waals surface area contributed by atoms with Crippen molar-refractivity contribution in [2.24, 2.45) is 5.14 Å². The molecule has 0 radical (unpaired) electrons. The van der Waals surface area contributed by atoms with Crippen molar-refractivity contribution in [3.05, 3.63) is 90.6 Å². The Hall–Kier alpha value is -3.69. The third-order valence-corrected chi connectivity index (χ3v) is 6.02. The van der Waals surface area contributed by atoms with Crippen LogP contribution in [0.3, 0.4) is 0 Å². The summed E-state index contributed by atoms with van der Waals surface area (Å²) in [5, 5.41) is 10.0. The second-order valence-corrected chi connectivity index (χ2v) is 8.84. The lowest BCUT2D eigenvalue weighted by Crippen LogP contribution is -2.47. The number of para-hydroxylation sites is 1. The number of ether oxygens (including phenoxy) is 1. The van der Waals surface area contributed by atoms with Gasteiger partial charge in [-0.05, 0) is 54.8 Å². The van der Waals surface area contributed by atoms with Gasteiger partial charge in [0.2, 0.25) is 10.0 Å². The van der Waals surface area contributed by atoms with Crippen LogP contribution in [0.2, 0.25) is 0 Å². The number of rotatable bonds is 5. The minimum atomic E-state index is -3.65. The minimum Gasteiger partial charge on any atom is -0.457 e. The summed E-state index contributed by atoms with van der Waals surface area (Å²) in [5.74, 6) is 0.984. The van der Waals surface area contributed by atoms with Crippen LogP contribution in [0.25, 0.3) is 0 Å². The second kappa shape index (κ2) is 10.3. The molecule has 3 amide bonds. The van der Waals surface area contributed by atoms with Gasteiger partial charge in [-0.25, -0.2) is 18.4 Å². The molecule has 1 fully saturated rings. The first kappa shape index (κ1) is 24.0. The molecule has 2 aromatic rings. The fourth-order valence-corrected chi connectivity index (χ4v) is 3.88. The number of amides is 3. The molecule has 1 atom stereocenters. The summed E-state index contributed by atoms with van der Waals surface area (Å²) < 4.78 is 27.6. The number of nitrogens with one attached hydrogen (secondary N) is 2. The molecule has 0 spiro atoms. The van der Waals surface area contributed by atoms with E-state index in [1.807, 2.05) is 67.6 Å². The molecule has 2 aliphatic rings. The molecule has 9 heteroatoms. The Morgan fingerprint density at radius 2 is 1.67 bits per heavy atom. The summed E-state index contributed by atoms with van der Waals surface area (Å²) >= 11 is 0. The Balaban J connectivity index is 0.000000186. The molecule has 0 bridgehead atoms.